The van der Waals surface area contributed by atoms with Gasteiger partial charge in [0.05, 0.1) is 0 Å². The van der Waals surface area contributed by atoms with E-state index >= 15 is 0 Å². The number of rotatable bonds is 4. The van der Waals surface area contributed by atoms with Crippen LogP contribution in [-0.2, 0) is 14.3 Å². The van der Waals surface area contributed by atoms with Gasteiger partial charge in [0.2, 0.25) is 5.79 Å². The monoisotopic (exact) mass is 264 g/mol. The third-order valence-electron chi connectivity index (χ3n) is 2.91. The van der Waals surface area contributed by atoms with Crippen LogP contribution in [0.1, 0.15) is 13.8 Å². The minimum absolute atomic E-state index is 0.757. The second-order valence-corrected chi connectivity index (χ2v) is 4.34. The molecule has 0 aromatic carbocycles. The predicted molar refractivity (Wildman–Crippen MR) is 55.2 cm³/mol. The zero-order valence-corrected chi connectivity index (χ0v) is 9.85. The van der Waals surface area contributed by atoms with E-state index in [9.17, 15) is 35.1 Å². The van der Waals surface area contributed by atoms with Gasteiger partial charge in [0.1, 0.15) is 24.4 Å². The molecule has 0 aliphatic carbocycles. The first-order valence-corrected chi connectivity index (χ1v) is 5.26. The van der Waals surface area contributed by atoms with Gasteiger partial charge in [0.15, 0.2) is 17.7 Å². The summed E-state index contributed by atoms with van der Waals surface area (Å²) in [5.74, 6) is -4.42. The van der Waals surface area contributed by atoms with Crippen LogP contribution < -0.4 is 0 Å². The lowest BCUT2D eigenvalue weighted by molar-refractivity contribution is -0.274. The van der Waals surface area contributed by atoms with Gasteiger partial charge in [-0.2, -0.15) is 0 Å². The summed E-state index contributed by atoms with van der Waals surface area (Å²) in [6.07, 6.45) is -9.37. The van der Waals surface area contributed by atoms with Gasteiger partial charge in [-0.3, -0.25) is 9.59 Å². The Bertz CT molecular complexity index is 356. The standard InChI is InChI=1S/C10H16O8/c1-3(11)5(13)7-6(14)9(16)10(17,18-7)8(15)4(2)12/h5-9,13-17H,1-2H3/t5?,6-,7-,8?,9+,10?/m1/s1. The molecule has 1 heterocycles. The molecule has 104 valence electrons. The lowest BCUT2D eigenvalue weighted by atomic mass is 9.96. The molecule has 0 spiro atoms. The molecule has 0 amide bonds. The van der Waals surface area contributed by atoms with Gasteiger partial charge in [0, 0.05) is 0 Å². The first-order valence-electron chi connectivity index (χ1n) is 5.26. The normalized spacial score (nSPS) is 39.4. The number of Topliss-reactive ketones (excluding diaryl/α,β-unsaturated/α-hetero) is 2. The molecule has 5 N–H and O–H groups in total. The maximum atomic E-state index is 11.0. The van der Waals surface area contributed by atoms with E-state index in [-0.39, 0.29) is 0 Å². The van der Waals surface area contributed by atoms with Gasteiger partial charge in [-0.15, -0.1) is 0 Å². The van der Waals surface area contributed by atoms with E-state index in [1.807, 2.05) is 0 Å². The molecule has 3 unspecified atom stereocenters. The quantitative estimate of drug-likeness (QED) is 0.355. The summed E-state index contributed by atoms with van der Waals surface area (Å²) in [7, 11) is 0. The van der Waals surface area contributed by atoms with E-state index < -0.39 is 47.9 Å². The summed E-state index contributed by atoms with van der Waals surface area (Å²) in [6.45, 7) is 1.96. The van der Waals surface area contributed by atoms with Crippen LogP contribution >= 0.6 is 0 Å². The van der Waals surface area contributed by atoms with Crippen molar-refractivity contribution in [3.8, 4) is 0 Å². The number of carbonyl (C=O) groups excluding carboxylic acids is 2. The molecule has 1 aliphatic heterocycles. The third kappa shape index (κ3) is 2.30. The van der Waals surface area contributed by atoms with Gasteiger partial charge < -0.3 is 30.3 Å². The molecule has 0 saturated carbocycles. The van der Waals surface area contributed by atoms with Gasteiger partial charge in [-0.1, -0.05) is 0 Å². The second kappa shape index (κ2) is 5.00. The number of ketones is 2. The summed E-state index contributed by atoms with van der Waals surface area (Å²) in [6, 6.07) is 0. The average molecular weight is 264 g/mol. The highest BCUT2D eigenvalue weighted by Crippen LogP contribution is 2.34. The third-order valence-corrected chi connectivity index (χ3v) is 2.91. The highest BCUT2D eigenvalue weighted by atomic mass is 16.7. The van der Waals surface area contributed by atoms with Crippen molar-refractivity contribution < 1.29 is 39.9 Å². The molecule has 0 radical (unpaired) electrons. The van der Waals surface area contributed by atoms with Crippen molar-refractivity contribution in [1.82, 2.24) is 0 Å². The molecule has 8 nitrogen and oxygen atoms in total. The molecule has 0 aromatic rings. The molecule has 0 bridgehead atoms. The van der Waals surface area contributed by atoms with Crippen molar-refractivity contribution in [3.63, 3.8) is 0 Å². The van der Waals surface area contributed by atoms with Crippen LogP contribution in [0.2, 0.25) is 0 Å². The Morgan fingerprint density at radius 3 is 2.06 bits per heavy atom. The summed E-state index contributed by atoms with van der Waals surface area (Å²) in [4.78, 5) is 22.0. The average Bonchev–Trinajstić information content (AvgIpc) is 2.52. The number of carbonyl (C=O) groups is 2. The fourth-order valence-electron chi connectivity index (χ4n) is 1.78. The highest BCUT2D eigenvalue weighted by Gasteiger charge is 2.60. The van der Waals surface area contributed by atoms with Crippen molar-refractivity contribution in [3.05, 3.63) is 0 Å². The Morgan fingerprint density at radius 2 is 1.67 bits per heavy atom. The van der Waals surface area contributed by atoms with Crippen LogP contribution in [-0.4, -0.2) is 73.4 Å². The summed E-state index contributed by atoms with van der Waals surface area (Å²) >= 11 is 0. The van der Waals surface area contributed by atoms with Gasteiger partial charge in [-0.05, 0) is 13.8 Å². The molecule has 0 aromatic heterocycles. The Morgan fingerprint density at radius 1 is 1.17 bits per heavy atom. The summed E-state index contributed by atoms with van der Waals surface area (Å²) in [5.41, 5.74) is 0. The van der Waals surface area contributed by atoms with Gasteiger partial charge in [-0.25, -0.2) is 0 Å². The van der Waals surface area contributed by atoms with Gasteiger partial charge in [0.25, 0.3) is 0 Å². The smallest absolute Gasteiger partial charge is 0.229 e. The minimum Gasteiger partial charge on any atom is -0.387 e. The number of hydrogen-bond acceptors (Lipinski definition) is 8. The molecule has 8 heteroatoms. The van der Waals surface area contributed by atoms with Crippen LogP contribution in [0.5, 0.6) is 0 Å². The Balaban J connectivity index is 3.00. The molecule has 1 saturated heterocycles. The molecular weight excluding hydrogens is 248 g/mol. The van der Waals surface area contributed by atoms with Gasteiger partial charge >= 0.3 is 0 Å². The van der Waals surface area contributed by atoms with Crippen molar-refractivity contribution in [1.29, 1.82) is 0 Å². The molecule has 1 aliphatic rings. The number of ether oxygens (including phenoxy) is 1. The van der Waals surface area contributed by atoms with Crippen molar-refractivity contribution in [2.24, 2.45) is 0 Å². The van der Waals surface area contributed by atoms with E-state index in [1.54, 1.807) is 0 Å². The van der Waals surface area contributed by atoms with E-state index in [4.69, 9.17) is 4.74 Å². The highest BCUT2D eigenvalue weighted by molar-refractivity contribution is 5.82. The van der Waals surface area contributed by atoms with E-state index in [0.717, 1.165) is 13.8 Å². The van der Waals surface area contributed by atoms with Crippen molar-refractivity contribution in [2.75, 3.05) is 0 Å². The van der Waals surface area contributed by atoms with Crippen molar-refractivity contribution >= 4 is 11.6 Å². The van der Waals surface area contributed by atoms with Crippen LogP contribution in [0, 0.1) is 0 Å². The molecule has 1 fully saturated rings. The number of aliphatic hydroxyl groups is 5. The number of aliphatic hydroxyl groups excluding tert-OH is 4. The number of hydrogen-bond donors (Lipinski definition) is 5. The summed E-state index contributed by atoms with van der Waals surface area (Å²) < 4.78 is 4.73. The maximum Gasteiger partial charge on any atom is 0.229 e. The zero-order chi connectivity index (χ0) is 14.2. The molecule has 6 atom stereocenters. The Kier molecular flexibility index (Phi) is 4.21. The van der Waals surface area contributed by atoms with E-state index in [1.165, 1.54) is 0 Å². The van der Waals surface area contributed by atoms with Crippen LogP contribution in [0.25, 0.3) is 0 Å². The maximum absolute atomic E-state index is 11.0. The topological polar surface area (TPSA) is 145 Å². The van der Waals surface area contributed by atoms with E-state index in [0.29, 0.717) is 0 Å². The molecule has 18 heavy (non-hydrogen) atoms. The molecule has 1 rings (SSSR count). The first kappa shape index (κ1) is 15.2. The van der Waals surface area contributed by atoms with E-state index in [2.05, 4.69) is 0 Å². The second-order valence-electron chi connectivity index (χ2n) is 4.34. The lowest BCUT2D eigenvalue weighted by Gasteiger charge is -2.29. The SMILES string of the molecule is CC(=O)C(O)[C@H]1OC(O)(C(O)C(C)=O)[C@@H](O)[C@@H]1O. The largest absolute Gasteiger partial charge is 0.387 e. The summed E-state index contributed by atoms with van der Waals surface area (Å²) in [5, 5.41) is 47.9. The van der Waals surface area contributed by atoms with Crippen molar-refractivity contribution in [2.45, 2.75) is 50.2 Å². The zero-order valence-electron chi connectivity index (χ0n) is 9.85. The minimum atomic E-state index is -2.76. The van der Waals surface area contributed by atoms with Crippen LogP contribution in [0.3, 0.4) is 0 Å². The van der Waals surface area contributed by atoms with Crippen LogP contribution in [0.4, 0.5) is 0 Å². The fraction of sp³-hybridized carbons (Fsp3) is 0.800. The fourth-order valence-corrected chi connectivity index (χ4v) is 1.78. The van der Waals surface area contributed by atoms with Crippen LogP contribution in [0.15, 0.2) is 0 Å². The predicted octanol–water partition coefficient (Wildman–Crippen LogP) is -3.30. The first-order chi connectivity index (χ1) is 8.12. The molecular formula is C10H16O8. The Labute approximate surface area is 102 Å². The lowest BCUT2D eigenvalue weighted by Crippen LogP contribution is -2.55. The Hall–Kier alpha value is -0.900.